The number of pyridine rings is 1. The zero-order valence-electron chi connectivity index (χ0n) is 22.1. The van der Waals surface area contributed by atoms with Gasteiger partial charge >= 0.3 is 5.97 Å². The molecule has 1 aliphatic heterocycles. The van der Waals surface area contributed by atoms with Gasteiger partial charge in [0, 0.05) is 55.3 Å². The summed E-state index contributed by atoms with van der Waals surface area (Å²) >= 11 is 0. The number of carboxylic acid groups (broad SMARTS) is 1. The Morgan fingerprint density at radius 1 is 0.927 bits per heavy atom. The van der Waals surface area contributed by atoms with E-state index < -0.39 is 11.5 Å². The lowest BCUT2D eigenvalue weighted by Crippen LogP contribution is -2.44. The normalized spacial score (nSPS) is 14.2. The maximum Gasteiger partial charge on any atom is 0.335 e. The van der Waals surface area contributed by atoms with Crippen molar-refractivity contribution in [1.82, 2.24) is 34.0 Å². The third-order valence-corrected chi connectivity index (χ3v) is 7.37. The molecular formula is C29H25N9O3. The lowest BCUT2D eigenvalue weighted by molar-refractivity contribution is 0.0697. The van der Waals surface area contributed by atoms with E-state index in [4.69, 9.17) is 4.98 Å². The molecule has 0 aliphatic carbocycles. The summed E-state index contributed by atoms with van der Waals surface area (Å²) in [6.07, 6.45) is 3.07. The third-order valence-electron chi connectivity index (χ3n) is 7.37. The second-order valence-electron chi connectivity index (χ2n) is 9.98. The lowest BCUT2D eigenvalue weighted by atomic mass is 10.1. The first-order chi connectivity index (χ1) is 20.0. The number of aromatic carboxylic acids is 1. The number of rotatable bonds is 5. The highest BCUT2D eigenvalue weighted by Gasteiger charge is 2.20. The van der Waals surface area contributed by atoms with Crippen molar-refractivity contribution in [1.29, 1.82) is 0 Å². The van der Waals surface area contributed by atoms with Crippen LogP contribution in [0, 0.1) is 0 Å². The monoisotopic (exact) mass is 547 g/mol. The van der Waals surface area contributed by atoms with Crippen molar-refractivity contribution < 1.29 is 9.90 Å². The van der Waals surface area contributed by atoms with Crippen molar-refractivity contribution in [3.05, 3.63) is 89.0 Å². The van der Waals surface area contributed by atoms with Crippen molar-refractivity contribution in [3.63, 3.8) is 0 Å². The Labute approximate surface area is 233 Å². The fraction of sp³-hybridized carbons (Fsp3) is 0.172. The molecule has 7 rings (SSSR count). The summed E-state index contributed by atoms with van der Waals surface area (Å²) < 4.78 is 3.01. The lowest BCUT2D eigenvalue weighted by Gasteiger charge is -2.34. The van der Waals surface area contributed by atoms with Crippen LogP contribution in [0.5, 0.6) is 0 Å². The zero-order valence-corrected chi connectivity index (χ0v) is 22.1. The van der Waals surface area contributed by atoms with Crippen molar-refractivity contribution in [2.45, 2.75) is 0 Å². The minimum atomic E-state index is -1.08. The third kappa shape index (κ3) is 4.30. The van der Waals surface area contributed by atoms with Crippen molar-refractivity contribution >= 4 is 50.9 Å². The van der Waals surface area contributed by atoms with E-state index in [0.717, 1.165) is 37.6 Å². The molecule has 5 heterocycles. The Morgan fingerprint density at radius 3 is 2.46 bits per heavy atom. The Morgan fingerprint density at radius 2 is 1.73 bits per heavy atom. The fourth-order valence-electron chi connectivity index (χ4n) is 5.18. The number of hydrogen-bond donors (Lipinski definition) is 2. The summed E-state index contributed by atoms with van der Waals surface area (Å²) in [6.45, 7) is 4.03. The number of carbonyl (C=O) groups is 1. The topological polar surface area (TPSA) is 134 Å². The summed E-state index contributed by atoms with van der Waals surface area (Å²) in [5.74, 6) is -0.301. The standard InChI is InChI=1S/C29H25N9O3/c1-35-12-14-36(15-13-35)20-8-6-19(7-9-20)32-29-31-17-22-25(34-29)33-26-21-16-18(28(40)41)5-10-23(21)37(38(26)27(22)39)24-4-2-3-11-30-24/h2-11,16-17H,12-15H2,1H3,(H,40,41)(H,31,32,34). The average Bonchev–Trinajstić information content (AvgIpc) is 3.32. The molecule has 0 radical (unpaired) electrons. The second kappa shape index (κ2) is 9.68. The predicted molar refractivity (Wildman–Crippen MR) is 156 cm³/mol. The van der Waals surface area contributed by atoms with Gasteiger partial charge in [-0.3, -0.25) is 4.79 Å². The number of aromatic nitrogens is 6. The molecule has 0 unspecified atom stereocenters. The molecule has 0 amide bonds. The molecule has 41 heavy (non-hydrogen) atoms. The van der Waals surface area contributed by atoms with Gasteiger partial charge in [0.2, 0.25) is 5.95 Å². The molecule has 0 saturated carbocycles. The maximum atomic E-state index is 13.8. The van der Waals surface area contributed by atoms with Gasteiger partial charge in [0.25, 0.3) is 5.56 Å². The highest BCUT2D eigenvalue weighted by molar-refractivity contribution is 6.00. The molecule has 4 aromatic heterocycles. The van der Waals surface area contributed by atoms with E-state index in [1.165, 1.54) is 22.8 Å². The van der Waals surface area contributed by atoms with Crippen LogP contribution in [0.2, 0.25) is 0 Å². The molecule has 0 atom stereocenters. The molecule has 1 saturated heterocycles. The molecule has 1 aliphatic rings. The van der Waals surface area contributed by atoms with Gasteiger partial charge in [-0.2, -0.15) is 9.50 Å². The first kappa shape index (κ1) is 24.7. The van der Waals surface area contributed by atoms with Gasteiger partial charge in [0.05, 0.1) is 11.1 Å². The van der Waals surface area contributed by atoms with Gasteiger partial charge in [-0.15, -0.1) is 0 Å². The van der Waals surface area contributed by atoms with E-state index in [1.807, 2.05) is 18.2 Å². The smallest absolute Gasteiger partial charge is 0.335 e. The van der Waals surface area contributed by atoms with Crippen LogP contribution in [0.3, 0.4) is 0 Å². The van der Waals surface area contributed by atoms with Crippen LogP contribution >= 0.6 is 0 Å². The second-order valence-corrected chi connectivity index (χ2v) is 9.98. The van der Waals surface area contributed by atoms with Gasteiger partial charge in [-0.25, -0.2) is 24.4 Å². The molecule has 1 fully saturated rings. The average molecular weight is 548 g/mol. The summed E-state index contributed by atoms with van der Waals surface area (Å²) in [6, 6.07) is 18.1. The number of hydrogen-bond acceptors (Lipinski definition) is 9. The number of carboxylic acids is 1. The van der Waals surface area contributed by atoms with Crippen LogP contribution in [-0.4, -0.2) is 78.3 Å². The van der Waals surface area contributed by atoms with E-state index in [0.29, 0.717) is 22.7 Å². The predicted octanol–water partition coefficient (Wildman–Crippen LogP) is 3.17. The van der Waals surface area contributed by atoms with Gasteiger partial charge in [-0.05, 0) is 61.6 Å². The first-order valence-electron chi connectivity index (χ1n) is 13.2. The van der Waals surface area contributed by atoms with E-state index in [2.05, 4.69) is 49.2 Å². The summed E-state index contributed by atoms with van der Waals surface area (Å²) in [7, 11) is 2.13. The van der Waals surface area contributed by atoms with Gasteiger partial charge < -0.3 is 20.2 Å². The van der Waals surface area contributed by atoms with Crippen molar-refractivity contribution in [3.8, 4) is 5.82 Å². The zero-order chi connectivity index (χ0) is 28.1. The molecule has 2 aromatic carbocycles. The minimum absolute atomic E-state index is 0.0811. The largest absolute Gasteiger partial charge is 0.478 e. The minimum Gasteiger partial charge on any atom is -0.478 e. The van der Waals surface area contributed by atoms with Crippen molar-refractivity contribution in [2.75, 3.05) is 43.4 Å². The number of fused-ring (bicyclic) bond motifs is 4. The highest BCUT2D eigenvalue weighted by Crippen LogP contribution is 2.26. The van der Waals surface area contributed by atoms with Gasteiger partial charge in [0.1, 0.15) is 5.39 Å². The summed E-state index contributed by atoms with van der Waals surface area (Å²) in [4.78, 5) is 48.3. The fourth-order valence-corrected chi connectivity index (χ4v) is 5.18. The summed E-state index contributed by atoms with van der Waals surface area (Å²) in [5.41, 5.74) is 2.70. The Bertz CT molecular complexity index is 1990. The van der Waals surface area contributed by atoms with Crippen LogP contribution < -0.4 is 15.8 Å². The molecule has 12 nitrogen and oxygen atoms in total. The molecule has 0 spiro atoms. The SMILES string of the molecule is CN1CCN(c2ccc(Nc3ncc4c(=O)n5c(nc4n3)c3cc(C(=O)O)ccc3n5-c3ccccn3)cc2)CC1. The molecule has 12 heteroatoms. The number of piperazine rings is 1. The number of likely N-dealkylation sites (N-methyl/N-ethyl adjacent to an activating group) is 1. The van der Waals surface area contributed by atoms with Gasteiger partial charge in [-0.1, -0.05) is 6.07 Å². The quantitative estimate of drug-likeness (QED) is 0.331. The van der Waals surface area contributed by atoms with Crippen LogP contribution in [0.4, 0.5) is 17.3 Å². The van der Waals surface area contributed by atoms with E-state index in [-0.39, 0.29) is 22.2 Å². The van der Waals surface area contributed by atoms with Crippen molar-refractivity contribution in [2.24, 2.45) is 0 Å². The molecule has 6 aromatic rings. The Balaban J connectivity index is 1.31. The number of nitrogens with zero attached hydrogens (tertiary/aromatic N) is 8. The molecular weight excluding hydrogens is 522 g/mol. The molecule has 0 bridgehead atoms. The maximum absolute atomic E-state index is 13.8. The Kier molecular flexibility index (Phi) is 5.82. The number of anilines is 3. The molecule has 204 valence electrons. The van der Waals surface area contributed by atoms with Gasteiger partial charge in [0.15, 0.2) is 17.1 Å². The number of nitrogens with one attached hydrogen (secondary N) is 1. The van der Waals surface area contributed by atoms with Crippen LogP contribution in [0.1, 0.15) is 10.4 Å². The van der Waals surface area contributed by atoms with E-state index >= 15 is 0 Å². The van der Waals surface area contributed by atoms with Crippen LogP contribution in [-0.2, 0) is 0 Å². The van der Waals surface area contributed by atoms with E-state index in [1.54, 1.807) is 29.1 Å². The van der Waals surface area contributed by atoms with Crippen LogP contribution in [0.15, 0.2) is 77.9 Å². The highest BCUT2D eigenvalue weighted by atomic mass is 16.4. The van der Waals surface area contributed by atoms with E-state index in [9.17, 15) is 14.7 Å². The molecule has 2 N–H and O–H groups in total. The number of benzene rings is 2. The first-order valence-corrected chi connectivity index (χ1v) is 13.2. The van der Waals surface area contributed by atoms with Crippen LogP contribution in [0.25, 0.3) is 33.4 Å². The Hall–Kier alpha value is -5.36. The summed E-state index contributed by atoms with van der Waals surface area (Å²) in [5, 5.41) is 13.5.